The highest BCUT2D eigenvalue weighted by Crippen LogP contribution is 2.24. The van der Waals surface area contributed by atoms with E-state index < -0.39 is 18.3 Å². The number of ether oxygens (including phenoxy) is 4. The zero-order valence-electron chi connectivity index (χ0n) is 30.6. The molecule has 2 heterocycles. The summed E-state index contributed by atoms with van der Waals surface area (Å²) in [6.45, 7) is 6.41. The maximum atomic E-state index is 12.9. The first-order chi connectivity index (χ1) is 22.9. The zero-order chi connectivity index (χ0) is 34.0. The molecule has 2 fully saturated rings. The molecule has 0 N–H and O–H groups in total. The molecular weight excluding hydrogens is 594 g/mol. The molecule has 2 rings (SSSR count). The van der Waals surface area contributed by atoms with Crippen molar-refractivity contribution in [2.24, 2.45) is 5.92 Å². The fourth-order valence-corrected chi connectivity index (χ4v) is 6.78. The van der Waals surface area contributed by atoms with Crippen molar-refractivity contribution in [1.82, 2.24) is 4.90 Å². The molecule has 47 heavy (non-hydrogen) atoms. The van der Waals surface area contributed by atoms with E-state index in [1.54, 1.807) is 0 Å². The Hall–Kier alpha value is -1.67. The molecule has 0 spiro atoms. The number of carbonyl (C=O) groups excluding carboxylic acids is 3. The van der Waals surface area contributed by atoms with E-state index in [1.807, 2.05) is 7.05 Å². The first kappa shape index (κ1) is 41.5. The van der Waals surface area contributed by atoms with Gasteiger partial charge in [-0.15, -0.1) is 0 Å². The maximum Gasteiger partial charge on any atom is 0.306 e. The van der Waals surface area contributed by atoms with Crippen LogP contribution in [0.4, 0.5) is 0 Å². The third kappa shape index (κ3) is 20.4. The van der Waals surface area contributed by atoms with Crippen molar-refractivity contribution in [2.75, 3.05) is 33.4 Å². The minimum Gasteiger partial charge on any atom is -0.463 e. The molecule has 0 bridgehead atoms. The molecule has 3 atom stereocenters. The molecule has 274 valence electrons. The molecule has 0 aromatic heterocycles. The Bertz CT molecular complexity index is 815. The number of esters is 3. The average Bonchev–Trinajstić information content (AvgIpc) is 3.40. The van der Waals surface area contributed by atoms with E-state index in [1.165, 1.54) is 103 Å². The van der Waals surface area contributed by atoms with Gasteiger partial charge in [0.2, 0.25) is 0 Å². The van der Waals surface area contributed by atoms with Crippen LogP contribution in [0.25, 0.3) is 0 Å². The largest absolute Gasteiger partial charge is 0.463 e. The zero-order valence-corrected chi connectivity index (χ0v) is 30.6. The lowest BCUT2D eigenvalue weighted by atomic mass is 9.97. The van der Waals surface area contributed by atoms with Gasteiger partial charge in [-0.3, -0.25) is 14.4 Å². The Morgan fingerprint density at radius 2 is 1.02 bits per heavy atom. The summed E-state index contributed by atoms with van der Waals surface area (Å²) in [5, 5.41) is 0. The van der Waals surface area contributed by atoms with E-state index in [0.717, 1.165) is 51.6 Å². The van der Waals surface area contributed by atoms with Crippen LogP contribution in [-0.2, 0) is 33.3 Å². The predicted molar refractivity (Wildman–Crippen MR) is 188 cm³/mol. The first-order valence-electron chi connectivity index (χ1n) is 19.8. The number of likely N-dealkylation sites (tertiary alicyclic amines) is 1. The van der Waals surface area contributed by atoms with Crippen LogP contribution in [0.5, 0.6) is 0 Å². The second-order valence-electron chi connectivity index (χ2n) is 14.4. The van der Waals surface area contributed by atoms with Crippen LogP contribution in [-0.4, -0.2) is 74.5 Å². The Morgan fingerprint density at radius 3 is 1.47 bits per heavy atom. The minimum atomic E-state index is -0.765. The molecule has 0 saturated carbocycles. The molecule has 8 nitrogen and oxygen atoms in total. The van der Waals surface area contributed by atoms with Crippen LogP contribution in [0.2, 0.25) is 0 Å². The van der Waals surface area contributed by atoms with E-state index in [4.69, 9.17) is 18.9 Å². The van der Waals surface area contributed by atoms with Gasteiger partial charge in [0.25, 0.3) is 0 Å². The summed E-state index contributed by atoms with van der Waals surface area (Å²) < 4.78 is 23.1. The van der Waals surface area contributed by atoms with Gasteiger partial charge in [0.05, 0.1) is 13.0 Å². The lowest BCUT2D eigenvalue weighted by Gasteiger charge is -2.35. The lowest BCUT2D eigenvalue weighted by molar-refractivity contribution is -0.168. The van der Waals surface area contributed by atoms with Crippen LogP contribution in [0.3, 0.4) is 0 Å². The molecule has 8 heteroatoms. The second kappa shape index (κ2) is 27.2. The summed E-state index contributed by atoms with van der Waals surface area (Å²) in [6, 6.07) is 0. The number of unbranched alkanes of at least 4 members (excludes halogenated alkanes) is 20. The molecular formula is C39H71NO7. The van der Waals surface area contributed by atoms with Gasteiger partial charge in [-0.05, 0) is 25.8 Å². The molecule has 0 amide bonds. The first-order valence-corrected chi connectivity index (χ1v) is 19.8. The Morgan fingerprint density at radius 1 is 0.596 bits per heavy atom. The van der Waals surface area contributed by atoms with Crippen molar-refractivity contribution < 1.29 is 33.3 Å². The lowest BCUT2D eigenvalue weighted by Crippen LogP contribution is -2.45. The fraction of sp³-hybridized carbons (Fsp3) is 0.923. The molecule has 0 aromatic carbocycles. The van der Waals surface area contributed by atoms with E-state index in [0.29, 0.717) is 25.2 Å². The smallest absolute Gasteiger partial charge is 0.306 e. The van der Waals surface area contributed by atoms with Crippen molar-refractivity contribution in [3.63, 3.8) is 0 Å². The van der Waals surface area contributed by atoms with Gasteiger partial charge in [0.1, 0.15) is 12.7 Å². The molecule has 2 aliphatic rings. The highest BCUT2D eigenvalue weighted by Gasteiger charge is 2.43. The van der Waals surface area contributed by atoms with E-state index >= 15 is 0 Å². The van der Waals surface area contributed by atoms with E-state index in [9.17, 15) is 14.4 Å². The summed E-state index contributed by atoms with van der Waals surface area (Å²) >= 11 is 0. The Balaban J connectivity index is 1.68. The maximum absolute atomic E-state index is 12.9. The van der Waals surface area contributed by atoms with Crippen molar-refractivity contribution in [2.45, 2.75) is 193 Å². The van der Waals surface area contributed by atoms with Gasteiger partial charge in [-0.1, -0.05) is 142 Å². The van der Waals surface area contributed by atoms with Crippen LogP contribution in [0.1, 0.15) is 174 Å². The summed E-state index contributed by atoms with van der Waals surface area (Å²) in [7, 11) is 2.03. The molecule has 2 saturated heterocycles. The van der Waals surface area contributed by atoms with Crippen LogP contribution < -0.4 is 0 Å². The van der Waals surface area contributed by atoms with Gasteiger partial charge in [-0.25, -0.2) is 0 Å². The third-order valence-electron chi connectivity index (χ3n) is 9.73. The molecule has 0 aromatic rings. The van der Waals surface area contributed by atoms with Crippen molar-refractivity contribution in [3.05, 3.63) is 0 Å². The molecule has 0 unspecified atom stereocenters. The van der Waals surface area contributed by atoms with E-state index in [2.05, 4.69) is 18.7 Å². The normalized spacial score (nSPS) is 19.9. The third-order valence-corrected chi connectivity index (χ3v) is 9.73. The number of rotatable bonds is 30. The van der Waals surface area contributed by atoms with Crippen LogP contribution in [0.15, 0.2) is 0 Å². The Labute approximate surface area is 287 Å². The minimum absolute atomic E-state index is 0.00949. The topological polar surface area (TPSA) is 91.4 Å². The number of hydrogen-bond donors (Lipinski definition) is 0. The fourth-order valence-electron chi connectivity index (χ4n) is 6.78. The summed E-state index contributed by atoms with van der Waals surface area (Å²) in [5.74, 6) is -0.542. The SMILES string of the molecule is CCCCCCCCCCCCCC(=O)O[C@@H]1[C@@H](OC(=O)CCCCCCCCCCCCC)CO[C@@H]1COC(=O)CC1CN(C)C1. The summed E-state index contributed by atoms with van der Waals surface area (Å²) in [6.07, 6.45) is 25.7. The van der Waals surface area contributed by atoms with E-state index in [-0.39, 0.29) is 31.1 Å². The second-order valence-corrected chi connectivity index (χ2v) is 14.4. The van der Waals surface area contributed by atoms with Gasteiger partial charge in [0, 0.05) is 25.9 Å². The van der Waals surface area contributed by atoms with Gasteiger partial charge in [0.15, 0.2) is 12.2 Å². The van der Waals surface area contributed by atoms with Crippen molar-refractivity contribution >= 4 is 17.9 Å². The number of nitrogens with zero attached hydrogens (tertiary/aromatic N) is 1. The number of carbonyl (C=O) groups is 3. The molecule has 2 aliphatic heterocycles. The highest BCUT2D eigenvalue weighted by atomic mass is 16.6. The monoisotopic (exact) mass is 666 g/mol. The highest BCUT2D eigenvalue weighted by molar-refractivity contribution is 5.71. The number of hydrogen-bond acceptors (Lipinski definition) is 8. The van der Waals surface area contributed by atoms with Crippen LogP contribution >= 0.6 is 0 Å². The van der Waals surface area contributed by atoms with Crippen molar-refractivity contribution in [3.8, 4) is 0 Å². The average molecular weight is 666 g/mol. The molecule has 0 aliphatic carbocycles. The van der Waals surface area contributed by atoms with Gasteiger partial charge in [-0.2, -0.15) is 0 Å². The molecule has 0 radical (unpaired) electrons. The summed E-state index contributed by atoms with van der Waals surface area (Å²) in [5.41, 5.74) is 0. The standard InChI is InChI=1S/C39H71NO7/c1-4-6-8-10-12-14-16-18-20-22-24-26-36(41)46-35-32-44-34(31-45-38(43)28-33-29-40(3)30-33)39(35)47-37(42)27-25-23-21-19-17-15-13-11-9-7-5-2/h33-35,39H,4-32H2,1-3H3/t34-,35+,39+/m1/s1. The van der Waals surface area contributed by atoms with Gasteiger partial charge >= 0.3 is 17.9 Å². The van der Waals surface area contributed by atoms with Gasteiger partial charge < -0.3 is 23.8 Å². The van der Waals surface area contributed by atoms with Crippen molar-refractivity contribution in [1.29, 1.82) is 0 Å². The Kier molecular flexibility index (Phi) is 24.0. The predicted octanol–water partition coefficient (Wildman–Crippen LogP) is 9.11. The quantitative estimate of drug-likeness (QED) is 0.0426. The summed E-state index contributed by atoms with van der Waals surface area (Å²) in [4.78, 5) is 40.2. The van der Waals surface area contributed by atoms with Crippen LogP contribution in [0, 0.1) is 5.92 Å².